The molecule has 0 radical (unpaired) electrons. The quantitative estimate of drug-likeness (QED) is 0.512. The summed E-state index contributed by atoms with van der Waals surface area (Å²) in [6.07, 6.45) is 1.74. The fourth-order valence-electron chi connectivity index (χ4n) is 2.55. The summed E-state index contributed by atoms with van der Waals surface area (Å²) >= 11 is 6.29. The van der Waals surface area contributed by atoms with Crippen molar-refractivity contribution in [2.24, 2.45) is 0 Å². The highest BCUT2D eigenvalue weighted by molar-refractivity contribution is 6.33. The number of carbonyl (C=O) groups is 1. The van der Waals surface area contributed by atoms with E-state index >= 15 is 0 Å². The Morgan fingerprint density at radius 1 is 1.23 bits per heavy atom. The average Bonchev–Trinajstić information content (AvgIpc) is 2.88. The zero-order chi connectivity index (χ0) is 15.7. The number of hydrogen-bond acceptors (Lipinski definition) is 3. The minimum absolute atomic E-state index is 0.141. The van der Waals surface area contributed by atoms with Gasteiger partial charge in [0.15, 0.2) is 0 Å². The third-order valence-electron chi connectivity index (χ3n) is 3.60. The first-order chi connectivity index (χ1) is 10.6. The molecule has 0 atom stereocenters. The van der Waals surface area contributed by atoms with Gasteiger partial charge in [0.2, 0.25) is 0 Å². The van der Waals surface area contributed by atoms with Crippen molar-refractivity contribution in [3.63, 3.8) is 0 Å². The Morgan fingerprint density at radius 3 is 2.68 bits per heavy atom. The fourth-order valence-corrected chi connectivity index (χ4v) is 2.70. The largest absolute Gasteiger partial charge is 0.464 e. The number of halogens is 1. The average molecular weight is 315 g/mol. The molecule has 2 aromatic carbocycles. The molecule has 0 aliphatic rings. The summed E-state index contributed by atoms with van der Waals surface area (Å²) in [6, 6.07) is 10.9. The molecule has 0 saturated heterocycles. The van der Waals surface area contributed by atoms with E-state index in [-0.39, 0.29) is 12.4 Å². The van der Waals surface area contributed by atoms with Crippen molar-refractivity contribution in [3.8, 4) is 5.75 Å². The molecular formula is C18H15ClO3. The number of benzene rings is 2. The van der Waals surface area contributed by atoms with Crippen LogP contribution in [0.1, 0.15) is 16.7 Å². The predicted octanol–water partition coefficient (Wildman–Crippen LogP) is 4.85. The maximum atomic E-state index is 12.1. The Balaban J connectivity index is 1.88. The highest BCUT2D eigenvalue weighted by Gasteiger charge is 2.16. The van der Waals surface area contributed by atoms with Crippen molar-refractivity contribution < 1.29 is 13.9 Å². The van der Waals surface area contributed by atoms with Crippen molar-refractivity contribution in [3.05, 3.63) is 64.4 Å². The molecule has 0 amide bonds. The van der Waals surface area contributed by atoms with Gasteiger partial charge in [-0.2, -0.15) is 0 Å². The number of rotatable bonds is 3. The van der Waals surface area contributed by atoms with E-state index in [2.05, 4.69) is 0 Å². The highest BCUT2D eigenvalue weighted by Crippen LogP contribution is 2.32. The standard InChI is InChI=1S/C18H15ClO3/c1-11-8-15-17(12(2)18(11)19)13(10-21-15)9-16(20)22-14-6-4-3-5-7-14/h3-8,10H,9H2,1-2H3. The van der Waals surface area contributed by atoms with Crippen LogP contribution in [0.2, 0.25) is 5.02 Å². The van der Waals surface area contributed by atoms with Gasteiger partial charge in [0.05, 0.1) is 12.7 Å². The van der Waals surface area contributed by atoms with Gasteiger partial charge in [0.1, 0.15) is 11.3 Å². The van der Waals surface area contributed by atoms with E-state index in [0.717, 1.165) is 27.7 Å². The lowest BCUT2D eigenvalue weighted by atomic mass is 10.0. The third-order valence-corrected chi connectivity index (χ3v) is 4.18. The molecule has 1 aromatic heterocycles. The molecule has 0 bridgehead atoms. The van der Waals surface area contributed by atoms with Crippen molar-refractivity contribution in [2.75, 3.05) is 0 Å². The Morgan fingerprint density at radius 2 is 1.95 bits per heavy atom. The van der Waals surface area contributed by atoms with Crippen LogP contribution in [0.3, 0.4) is 0 Å². The van der Waals surface area contributed by atoms with E-state index in [1.54, 1.807) is 18.4 Å². The molecule has 0 fully saturated rings. The van der Waals surface area contributed by atoms with Gasteiger partial charge in [-0.3, -0.25) is 4.79 Å². The number of hydrogen-bond donors (Lipinski definition) is 0. The van der Waals surface area contributed by atoms with Crippen LogP contribution in [0.15, 0.2) is 47.1 Å². The lowest BCUT2D eigenvalue weighted by Gasteiger charge is -2.06. The van der Waals surface area contributed by atoms with Crippen molar-refractivity contribution in [1.82, 2.24) is 0 Å². The van der Waals surface area contributed by atoms with Crippen LogP contribution in [0.5, 0.6) is 5.75 Å². The topological polar surface area (TPSA) is 39.4 Å². The Hall–Kier alpha value is -2.26. The Kier molecular flexibility index (Phi) is 3.90. The second kappa shape index (κ2) is 5.85. The zero-order valence-electron chi connectivity index (χ0n) is 12.4. The normalized spacial score (nSPS) is 10.9. The van der Waals surface area contributed by atoms with E-state index in [0.29, 0.717) is 10.8 Å². The number of esters is 1. The van der Waals surface area contributed by atoms with Crippen molar-refractivity contribution >= 4 is 28.5 Å². The van der Waals surface area contributed by atoms with Gasteiger partial charge in [0.25, 0.3) is 0 Å². The minimum atomic E-state index is -0.329. The van der Waals surface area contributed by atoms with Crippen LogP contribution in [-0.4, -0.2) is 5.97 Å². The van der Waals surface area contributed by atoms with Crippen LogP contribution < -0.4 is 4.74 Å². The molecule has 0 spiro atoms. The summed E-state index contributed by atoms with van der Waals surface area (Å²) in [5.41, 5.74) is 3.41. The molecular weight excluding hydrogens is 300 g/mol. The Labute approximate surface area is 133 Å². The number of para-hydroxylation sites is 1. The van der Waals surface area contributed by atoms with Gasteiger partial charge in [-0.15, -0.1) is 0 Å². The molecule has 22 heavy (non-hydrogen) atoms. The van der Waals surface area contributed by atoms with Crippen LogP contribution in [0.25, 0.3) is 11.0 Å². The first kappa shape index (κ1) is 14.7. The van der Waals surface area contributed by atoms with Crippen LogP contribution in [0.4, 0.5) is 0 Å². The monoisotopic (exact) mass is 314 g/mol. The van der Waals surface area contributed by atoms with Crippen LogP contribution in [-0.2, 0) is 11.2 Å². The molecule has 0 unspecified atom stereocenters. The fraction of sp³-hybridized carbons (Fsp3) is 0.167. The summed E-state index contributed by atoms with van der Waals surface area (Å²) < 4.78 is 10.9. The molecule has 3 nitrogen and oxygen atoms in total. The molecule has 3 aromatic rings. The van der Waals surface area contributed by atoms with Gasteiger partial charge >= 0.3 is 5.97 Å². The molecule has 4 heteroatoms. The van der Waals surface area contributed by atoms with E-state index in [9.17, 15) is 4.79 Å². The number of ether oxygens (including phenoxy) is 1. The number of aryl methyl sites for hydroxylation is 2. The number of furan rings is 1. The Bertz CT molecular complexity index is 834. The third kappa shape index (κ3) is 2.72. The van der Waals surface area contributed by atoms with E-state index in [1.165, 1.54) is 0 Å². The first-order valence-electron chi connectivity index (χ1n) is 6.97. The van der Waals surface area contributed by atoms with Gasteiger partial charge in [-0.1, -0.05) is 29.8 Å². The second-order valence-corrected chi connectivity index (χ2v) is 5.61. The summed E-state index contributed by atoms with van der Waals surface area (Å²) in [4.78, 5) is 12.1. The predicted molar refractivity (Wildman–Crippen MR) is 86.5 cm³/mol. The smallest absolute Gasteiger partial charge is 0.315 e. The number of fused-ring (bicyclic) bond motifs is 1. The molecule has 112 valence electrons. The summed E-state index contributed by atoms with van der Waals surface area (Å²) in [6.45, 7) is 3.86. The van der Waals surface area contributed by atoms with Crippen LogP contribution >= 0.6 is 11.6 Å². The van der Waals surface area contributed by atoms with E-state index < -0.39 is 0 Å². The first-order valence-corrected chi connectivity index (χ1v) is 7.35. The molecule has 3 rings (SSSR count). The maximum Gasteiger partial charge on any atom is 0.315 e. The highest BCUT2D eigenvalue weighted by atomic mass is 35.5. The van der Waals surface area contributed by atoms with Crippen LogP contribution in [0, 0.1) is 13.8 Å². The summed E-state index contributed by atoms with van der Waals surface area (Å²) in [7, 11) is 0. The second-order valence-electron chi connectivity index (χ2n) is 5.23. The zero-order valence-corrected chi connectivity index (χ0v) is 13.1. The molecule has 0 saturated carbocycles. The molecule has 0 aliphatic heterocycles. The lowest BCUT2D eigenvalue weighted by Crippen LogP contribution is -2.11. The van der Waals surface area contributed by atoms with Crippen molar-refractivity contribution in [2.45, 2.75) is 20.3 Å². The summed E-state index contributed by atoms with van der Waals surface area (Å²) in [5, 5.41) is 1.59. The van der Waals surface area contributed by atoms with Gasteiger partial charge in [0, 0.05) is 16.0 Å². The number of carbonyl (C=O) groups excluding carboxylic acids is 1. The van der Waals surface area contributed by atoms with Crippen molar-refractivity contribution in [1.29, 1.82) is 0 Å². The minimum Gasteiger partial charge on any atom is -0.464 e. The van der Waals surface area contributed by atoms with Gasteiger partial charge in [-0.05, 0) is 43.2 Å². The maximum absolute atomic E-state index is 12.1. The molecule has 0 aliphatic carbocycles. The van der Waals surface area contributed by atoms with Gasteiger partial charge in [-0.25, -0.2) is 0 Å². The van der Waals surface area contributed by atoms with E-state index in [1.807, 2.05) is 38.1 Å². The SMILES string of the molecule is Cc1cc2occ(CC(=O)Oc3ccccc3)c2c(C)c1Cl. The molecule has 0 N–H and O–H groups in total. The van der Waals surface area contributed by atoms with Gasteiger partial charge < -0.3 is 9.15 Å². The van der Waals surface area contributed by atoms with E-state index in [4.69, 9.17) is 20.8 Å². The molecule has 1 heterocycles. The lowest BCUT2D eigenvalue weighted by molar-refractivity contribution is -0.133. The summed E-state index contributed by atoms with van der Waals surface area (Å²) in [5.74, 6) is 0.205.